The zero-order valence-electron chi connectivity index (χ0n) is 15.0. The summed E-state index contributed by atoms with van der Waals surface area (Å²) in [5.74, 6) is -1.02. The fourth-order valence-electron chi connectivity index (χ4n) is 2.70. The summed E-state index contributed by atoms with van der Waals surface area (Å²) in [7, 11) is 0. The summed E-state index contributed by atoms with van der Waals surface area (Å²) < 4.78 is 6.54. The number of nitrogens with one attached hydrogen (secondary N) is 1. The van der Waals surface area contributed by atoms with Gasteiger partial charge in [-0.3, -0.25) is 4.79 Å². The maximum Gasteiger partial charge on any atom is 0.340 e. The summed E-state index contributed by atoms with van der Waals surface area (Å²) in [5, 5.41) is 13.7. The standard InChI is InChI=1S/C19H19N5O3/c1-3-14-8-6-7-13(2)18(14)21-17(25)11-27-19(26)15-9-4-5-10-16(15)24-12-20-22-23-24/h4-10,12H,3,11H2,1-2H3,(H,21,25). The van der Waals surface area contributed by atoms with E-state index in [0.29, 0.717) is 5.69 Å². The van der Waals surface area contributed by atoms with E-state index in [1.54, 1.807) is 24.3 Å². The van der Waals surface area contributed by atoms with Crippen molar-refractivity contribution >= 4 is 17.6 Å². The molecule has 0 unspecified atom stereocenters. The number of esters is 1. The number of amides is 1. The Morgan fingerprint density at radius 3 is 2.70 bits per heavy atom. The van der Waals surface area contributed by atoms with Crippen molar-refractivity contribution in [3.05, 3.63) is 65.5 Å². The molecule has 0 radical (unpaired) electrons. The molecular weight excluding hydrogens is 346 g/mol. The SMILES string of the molecule is CCc1cccc(C)c1NC(=O)COC(=O)c1ccccc1-n1cnnn1. The van der Waals surface area contributed by atoms with Gasteiger partial charge >= 0.3 is 5.97 Å². The molecule has 1 aromatic heterocycles. The van der Waals surface area contributed by atoms with Gasteiger partial charge < -0.3 is 10.1 Å². The molecule has 0 saturated heterocycles. The Bertz CT molecular complexity index is 954. The third kappa shape index (κ3) is 4.17. The van der Waals surface area contributed by atoms with Crippen LogP contribution in [0.2, 0.25) is 0 Å². The monoisotopic (exact) mass is 365 g/mol. The number of hydrogen-bond acceptors (Lipinski definition) is 6. The number of ether oxygens (including phenoxy) is 1. The fraction of sp³-hybridized carbons (Fsp3) is 0.211. The van der Waals surface area contributed by atoms with Gasteiger partial charge in [-0.1, -0.05) is 37.3 Å². The van der Waals surface area contributed by atoms with Gasteiger partial charge in [-0.25, -0.2) is 4.79 Å². The van der Waals surface area contributed by atoms with Crippen LogP contribution in [0.1, 0.15) is 28.4 Å². The van der Waals surface area contributed by atoms with Gasteiger partial charge in [-0.15, -0.1) is 5.10 Å². The molecule has 0 bridgehead atoms. The molecule has 3 aromatic rings. The average molecular weight is 365 g/mol. The number of benzene rings is 2. The van der Waals surface area contributed by atoms with E-state index < -0.39 is 11.9 Å². The third-order valence-electron chi connectivity index (χ3n) is 4.06. The molecule has 27 heavy (non-hydrogen) atoms. The third-order valence-corrected chi connectivity index (χ3v) is 4.06. The number of anilines is 1. The summed E-state index contributed by atoms with van der Waals surface area (Å²) >= 11 is 0. The van der Waals surface area contributed by atoms with Crippen molar-refractivity contribution in [3.63, 3.8) is 0 Å². The second-order valence-electron chi connectivity index (χ2n) is 5.86. The second-order valence-corrected chi connectivity index (χ2v) is 5.86. The average Bonchev–Trinajstić information content (AvgIpc) is 3.22. The van der Waals surface area contributed by atoms with Crippen LogP contribution in [0.15, 0.2) is 48.8 Å². The Kier molecular flexibility index (Phi) is 5.55. The van der Waals surface area contributed by atoms with Crippen molar-refractivity contribution in [2.75, 3.05) is 11.9 Å². The zero-order valence-corrected chi connectivity index (χ0v) is 15.0. The Hall–Kier alpha value is -3.55. The first kappa shape index (κ1) is 18.2. The van der Waals surface area contributed by atoms with Crippen LogP contribution in [0.25, 0.3) is 5.69 Å². The Morgan fingerprint density at radius 2 is 1.96 bits per heavy atom. The Labute approximate surface area is 156 Å². The van der Waals surface area contributed by atoms with Crippen molar-refractivity contribution in [1.82, 2.24) is 20.2 Å². The molecule has 1 N–H and O–H groups in total. The lowest BCUT2D eigenvalue weighted by Gasteiger charge is -2.13. The molecule has 0 saturated carbocycles. The van der Waals surface area contributed by atoms with Gasteiger partial charge in [0.05, 0.1) is 11.3 Å². The van der Waals surface area contributed by atoms with E-state index in [9.17, 15) is 9.59 Å². The number of tetrazole rings is 1. The highest BCUT2D eigenvalue weighted by Gasteiger charge is 2.17. The lowest BCUT2D eigenvalue weighted by molar-refractivity contribution is -0.119. The molecule has 1 amide bonds. The predicted molar refractivity (Wildman–Crippen MR) is 98.6 cm³/mol. The van der Waals surface area contributed by atoms with Crippen LogP contribution in [0.5, 0.6) is 0 Å². The van der Waals surface area contributed by atoms with Crippen LogP contribution < -0.4 is 5.32 Å². The van der Waals surface area contributed by atoms with Crippen LogP contribution in [0.4, 0.5) is 5.69 Å². The van der Waals surface area contributed by atoms with Gasteiger partial charge in [0.25, 0.3) is 5.91 Å². The lowest BCUT2D eigenvalue weighted by atomic mass is 10.1. The van der Waals surface area contributed by atoms with E-state index in [1.807, 2.05) is 32.0 Å². The summed E-state index contributed by atoms with van der Waals surface area (Å²) in [4.78, 5) is 24.7. The summed E-state index contributed by atoms with van der Waals surface area (Å²) in [6, 6.07) is 12.6. The van der Waals surface area contributed by atoms with Crippen molar-refractivity contribution in [3.8, 4) is 5.69 Å². The molecule has 0 atom stereocenters. The minimum Gasteiger partial charge on any atom is -0.452 e. The molecule has 0 aliphatic heterocycles. The van der Waals surface area contributed by atoms with Crippen molar-refractivity contribution in [2.45, 2.75) is 20.3 Å². The lowest BCUT2D eigenvalue weighted by Crippen LogP contribution is -2.22. The van der Waals surface area contributed by atoms with Crippen molar-refractivity contribution in [1.29, 1.82) is 0 Å². The van der Waals surface area contributed by atoms with Crippen LogP contribution >= 0.6 is 0 Å². The summed E-state index contributed by atoms with van der Waals surface area (Å²) in [6.07, 6.45) is 2.17. The van der Waals surface area contributed by atoms with E-state index in [0.717, 1.165) is 23.2 Å². The molecular formula is C19H19N5O3. The van der Waals surface area contributed by atoms with E-state index >= 15 is 0 Å². The first-order valence-corrected chi connectivity index (χ1v) is 8.48. The molecule has 0 fully saturated rings. The second kappa shape index (κ2) is 8.22. The van der Waals surface area contributed by atoms with Gasteiger partial charge in [-0.05, 0) is 47.0 Å². The maximum absolute atomic E-state index is 12.4. The van der Waals surface area contributed by atoms with E-state index in [2.05, 4.69) is 20.8 Å². The number of rotatable bonds is 6. The highest BCUT2D eigenvalue weighted by molar-refractivity contribution is 5.97. The van der Waals surface area contributed by atoms with E-state index in [-0.39, 0.29) is 12.2 Å². The number of carbonyl (C=O) groups excluding carboxylic acids is 2. The molecule has 138 valence electrons. The van der Waals surface area contributed by atoms with Crippen LogP contribution in [-0.4, -0.2) is 38.7 Å². The molecule has 0 aliphatic carbocycles. The molecule has 2 aromatic carbocycles. The van der Waals surface area contributed by atoms with Gasteiger partial charge in [0.15, 0.2) is 6.61 Å². The molecule has 3 rings (SSSR count). The van der Waals surface area contributed by atoms with Gasteiger partial charge in [0.2, 0.25) is 0 Å². The Balaban J connectivity index is 1.68. The fourth-order valence-corrected chi connectivity index (χ4v) is 2.70. The van der Waals surface area contributed by atoms with Gasteiger partial charge in [0, 0.05) is 5.69 Å². The topological polar surface area (TPSA) is 99.0 Å². The predicted octanol–water partition coefficient (Wildman–Crippen LogP) is 2.33. The van der Waals surface area contributed by atoms with Crippen molar-refractivity contribution < 1.29 is 14.3 Å². The normalized spacial score (nSPS) is 10.4. The van der Waals surface area contributed by atoms with Crippen LogP contribution in [-0.2, 0) is 16.0 Å². The molecule has 0 spiro atoms. The number of aryl methyl sites for hydroxylation is 2. The first-order valence-electron chi connectivity index (χ1n) is 8.48. The van der Waals surface area contributed by atoms with Gasteiger partial charge in [-0.2, -0.15) is 4.68 Å². The number of carbonyl (C=O) groups is 2. The number of aromatic nitrogens is 4. The smallest absolute Gasteiger partial charge is 0.340 e. The van der Waals surface area contributed by atoms with Crippen molar-refractivity contribution in [2.24, 2.45) is 0 Å². The largest absolute Gasteiger partial charge is 0.452 e. The zero-order chi connectivity index (χ0) is 19.2. The highest BCUT2D eigenvalue weighted by atomic mass is 16.5. The molecule has 0 aliphatic rings. The number of para-hydroxylation sites is 2. The highest BCUT2D eigenvalue weighted by Crippen LogP contribution is 2.21. The van der Waals surface area contributed by atoms with E-state index in [4.69, 9.17) is 4.74 Å². The molecule has 1 heterocycles. The quantitative estimate of drug-likeness (QED) is 0.673. The maximum atomic E-state index is 12.4. The Morgan fingerprint density at radius 1 is 1.15 bits per heavy atom. The summed E-state index contributed by atoms with van der Waals surface area (Å²) in [6.45, 7) is 3.55. The van der Waals surface area contributed by atoms with Gasteiger partial charge in [0.1, 0.15) is 6.33 Å². The number of hydrogen-bond donors (Lipinski definition) is 1. The summed E-state index contributed by atoms with van der Waals surface area (Å²) in [5.41, 5.74) is 3.48. The molecule has 8 heteroatoms. The minimum atomic E-state index is -0.628. The van der Waals surface area contributed by atoms with Crippen LogP contribution in [0.3, 0.4) is 0 Å². The first-order chi connectivity index (χ1) is 13.1. The molecule has 8 nitrogen and oxygen atoms in total. The number of nitrogens with zero attached hydrogens (tertiary/aromatic N) is 4. The van der Waals surface area contributed by atoms with E-state index in [1.165, 1.54) is 11.0 Å². The minimum absolute atomic E-state index is 0.266. The van der Waals surface area contributed by atoms with Crippen LogP contribution in [0, 0.1) is 6.92 Å².